The van der Waals surface area contributed by atoms with Gasteiger partial charge in [0.2, 0.25) is 0 Å². The average molecular weight is 284 g/mol. The molecule has 0 aliphatic carbocycles. The molecule has 2 heterocycles. The Hall–Kier alpha value is -2.43. The highest BCUT2D eigenvalue weighted by Gasteiger charge is 2.17. The van der Waals surface area contributed by atoms with Crippen LogP contribution in [-0.2, 0) is 0 Å². The van der Waals surface area contributed by atoms with Crippen LogP contribution in [-0.4, -0.2) is 29.0 Å². The third-order valence-corrected chi connectivity index (χ3v) is 3.09. The summed E-state index contributed by atoms with van der Waals surface area (Å²) >= 11 is 0. The summed E-state index contributed by atoms with van der Waals surface area (Å²) in [5.74, 6) is -0.108. The van der Waals surface area contributed by atoms with E-state index in [1.54, 1.807) is 29.6 Å². The Bertz CT molecular complexity index is 586. The summed E-state index contributed by atoms with van der Waals surface area (Å²) in [7, 11) is 0. The van der Waals surface area contributed by atoms with Crippen LogP contribution in [0.15, 0.2) is 42.9 Å². The summed E-state index contributed by atoms with van der Waals surface area (Å²) < 4.78 is 0. The smallest absolute Gasteiger partial charge is 0.276 e. The van der Waals surface area contributed by atoms with E-state index >= 15 is 0 Å². The Labute approximate surface area is 125 Å². The molecule has 0 spiro atoms. The van der Waals surface area contributed by atoms with Crippen molar-refractivity contribution in [2.24, 2.45) is 0 Å². The standard InChI is InChI=1S/C16H20N4O/c1-3-8-18-13-5-11-19-15(12-13)16(21)20(4-2)14-6-9-17-10-7-14/h5-7,9-12H,3-4,8H2,1-2H3,(H,18,19). The maximum atomic E-state index is 12.6. The van der Waals surface area contributed by atoms with Crippen LogP contribution in [0.4, 0.5) is 11.4 Å². The normalized spacial score (nSPS) is 10.2. The number of carbonyl (C=O) groups excluding carboxylic acids is 1. The topological polar surface area (TPSA) is 58.1 Å². The van der Waals surface area contributed by atoms with Crippen LogP contribution in [0.1, 0.15) is 30.8 Å². The molecule has 2 rings (SSSR count). The number of aromatic nitrogens is 2. The lowest BCUT2D eigenvalue weighted by atomic mass is 10.2. The van der Waals surface area contributed by atoms with Gasteiger partial charge in [0.15, 0.2) is 0 Å². The van der Waals surface area contributed by atoms with Gasteiger partial charge in [-0.1, -0.05) is 6.92 Å². The molecule has 0 aromatic carbocycles. The second-order valence-electron chi connectivity index (χ2n) is 4.61. The summed E-state index contributed by atoms with van der Waals surface area (Å²) in [6.07, 6.45) is 6.05. The first-order chi connectivity index (χ1) is 10.3. The average Bonchev–Trinajstić information content (AvgIpc) is 2.55. The second-order valence-corrected chi connectivity index (χ2v) is 4.61. The Morgan fingerprint density at radius 1 is 1.19 bits per heavy atom. The van der Waals surface area contributed by atoms with Crippen molar-refractivity contribution in [3.63, 3.8) is 0 Å². The molecule has 0 saturated heterocycles. The second kappa shape index (κ2) is 7.38. The fourth-order valence-corrected chi connectivity index (χ4v) is 2.03. The molecule has 1 N–H and O–H groups in total. The number of pyridine rings is 2. The summed E-state index contributed by atoms with van der Waals surface area (Å²) in [4.78, 5) is 22.5. The fraction of sp³-hybridized carbons (Fsp3) is 0.312. The molecule has 0 fully saturated rings. The lowest BCUT2D eigenvalue weighted by molar-refractivity contribution is 0.0983. The van der Waals surface area contributed by atoms with E-state index < -0.39 is 0 Å². The maximum absolute atomic E-state index is 12.6. The van der Waals surface area contributed by atoms with Crippen LogP contribution in [0, 0.1) is 0 Å². The van der Waals surface area contributed by atoms with Crippen LogP contribution in [0.25, 0.3) is 0 Å². The van der Waals surface area contributed by atoms with Gasteiger partial charge >= 0.3 is 0 Å². The van der Waals surface area contributed by atoms with Crippen molar-refractivity contribution >= 4 is 17.3 Å². The molecule has 0 bridgehead atoms. The highest BCUT2D eigenvalue weighted by molar-refractivity contribution is 6.05. The largest absolute Gasteiger partial charge is 0.385 e. The quantitative estimate of drug-likeness (QED) is 0.886. The van der Waals surface area contributed by atoms with Crippen molar-refractivity contribution in [3.8, 4) is 0 Å². The molecule has 0 aliphatic rings. The third-order valence-electron chi connectivity index (χ3n) is 3.09. The fourth-order valence-electron chi connectivity index (χ4n) is 2.03. The molecule has 5 nitrogen and oxygen atoms in total. The zero-order chi connectivity index (χ0) is 15.1. The van der Waals surface area contributed by atoms with Crippen molar-refractivity contribution in [1.82, 2.24) is 9.97 Å². The summed E-state index contributed by atoms with van der Waals surface area (Å²) in [5.41, 5.74) is 2.18. The SMILES string of the molecule is CCCNc1ccnc(C(=O)N(CC)c2ccncc2)c1. The number of carbonyl (C=O) groups is 1. The van der Waals surface area contributed by atoms with E-state index in [0.717, 1.165) is 24.3 Å². The van der Waals surface area contributed by atoms with Gasteiger partial charge in [0.05, 0.1) is 0 Å². The van der Waals surface area contributed by atoms with Gasteiger partial charge in [0, 0.05) is 43.1 Å². The lowest BCUT2D eigenvalue weighted by Gasteiger charge is -2.20. The number of anilines is 2. The number of rotatable bonds is 6. The highest BCUT2D eigenvalue weighted by Crippen LogP contribution is 2.16. The first kappa shape index (κ1) is 15.0. The molecule has 1 amide bonds. The minimum Gasteiger partial charge on any atom is -0.385 e. The molecule has 5 heteroatoms. The zero-order valence-electron chi connectivity index (χ0n) is 12.4. The highest BCUT2D eigenvalue weighted by atomic mass is 16.2. The number of amides is 1. The maximum Gasteiger partial charge on any atom is 0.276 e. The van der Waals surface area contributed by atoms with Crippen LogP contribution in [0.3, 0.4) is 0 Å². The minimum atomic E-state index is -0.108. The molecular formula is C16H20N4O. The van der Waals surface area contributed by atoms with Crippen molar-refractivity contribution in [2.45, 2.75) is 20.3 Å². The minimum absolute atomic E-state index is 0.108. The van der Waals surface area contributed by atoms with E-state index in [9.17, 15) is 4.79 Å². The lowest BCUT2D eigenvalue weighted by Crippen LogP contribution is -2.31. The number of hydrogen-bond donors (Lipinski definition) is 1. The third kappa shape index (κ3) is 3.78. The van der Waals surface area contributed by atoms with Crippen LogP contribution < -0.4 is 10.2 Å². The molecule has 0 aliphatic heterocycles. The van der Waals surface area contributed by atoms with Gasteiger partial charge in [-0.2, -0.15) is 0 Å². The van der Waals surface area contributed by atoms with E-state index in [1.807, 2.05) is 25.1 Å². The summed E-state index contributed by atoms with van der Waals surface area (Å²) in [6, 6.07) is 7.30. The predicted molar refractivity (Wildman–Crippen MR) is 84.6 cm³/mol. The molecule has 0 unspecified atom stereocenters. The van der Waals surface area contributed by atoms with Crippen molar-refractivity contribution in [1.29, 1.82) is 0 Å². The molecule has 0 atom stereocenters. The van der Waals surface area contributed by atoms with Crippen molar-refractivity contribution in [2.75, 3.05) is 23.3 Å². The van der Waals surface area contributed by atoms with Gasteiger partial charge in [-0.15, -0.1) is 0 Å². The van der Waals surface area contributed by atoms with Gasteiger partial charge in [-0.25, -0.2) is 0 Å². The van der Waals surface area contributed by atoms with Crippen molar-refractivity contribution in [3.05, 3.63) is 48.5 Å². The predicted octanol–water partition coefficient (Wildman–Crippen LogP) is 2.97. The Morgan fingerprint density at radius 3 is 2.62 bits per heavy atom. The molecule has 0 saturated carbocycles. The van der Waals surface area contributed by atoms with Gasteiger partial charge < -0.3 is 10.2 Å². The van der Waals surface area contributed by atoms with Crippen LogP contribution in [0.5, 0.6) is 0 Å². The number of nitrogens with one attached hydrogen (secondary N) is 1. The van der Waals surface area contributed by atoms with Crippen molar-refractivity contribution < 1.29 is 4.79 Å². The molecule has 2 aromatic rings. The van der Waals surface area contributed by atoms with E-state index in [4.69, 9.17) is 0 Å². The van der Waals surface area contributed by atoms with Crippen LogP contribution in [0.2, 0.25) is 0 Å². The molecular weight excluding hydrogens is 264 g/mol. The van der Waals surface area contributed by atoms with Gasteiger partial charge in [0.25, 0.3) is 5.91 Å². The summed E-state index contributed by atoms with van der Waals surface area (Å²) in [5, 5.41) is 3.27. The molecule has 21 heavy (non-hydrogen) atoms. The van der Waals surface area contributed by atoms with E-state index in [0.29, 0.717) is 12.2 Å². The van der Waals surface area contributed by atoms with E-state index in [2.05, 4.69) is 22.2 Å². The Balaban J connectivity index is 2.21. The van der Waals surface area contributed by atoms with Gasteiger partial charge in [0.1, 0.15) is 5.69 Å². The van der Waals surface area contributed by atoms with Gasteiger partial charge in [-0.05, 0) is 37.6 Å². The first-order valence-corrected chi connectivity index (χ1v) is 7.18. The van der Waals surface area contributed by atoms with E-state index in [-0.39, 0.29) is 5.91 Å². The van der Waals surface area contributed by atoms with Crippen LogP contribution >= 0.6 is 0 Å². The Kier molecular flexibility index (Phi) is 5.26. The molecule has 110 valence electrons. The summed E-state index contributed by atoms with van der Waals surface area (Å²) in [6.45, 7) is 5.50. The first-order valence-electron chi connectivity index (χ1n) is 7.18. The monoisotopic (exact) mass is 284 g/mol. The number of hydrogen-bond acceptors (Lipinski definition) is 4. The van der Waals surface area contributed by atoms with E-state index in [1.165, 1.54) is 0 Å². The Morgan fingerprint density at radius 2 is 1.95 bits per heavy atom. The van der Waals surface area contributed by atoms with Gasteiger partial charge in [-0.3, -0.25) is 14.8 Å². The molecule has 0 radical (unpaired) electrons. The molecule has 2 aromatic heterocycles. The number of nitrogens with zero attached hydrogens (tertiary/aromatic N) is 3. The zero-order valence-corrected chi connectivity index (χ0v) is 12.4.